The minimum Gasteiger partial charge on any atom is -0.497 e. The summed E-state index contributed by atoms with van der Waals surface area (Å²) in [6.07, 6.45) is 0.214. The van der Waals surface area contributed by atoms with Crippen LogP contribution in [0.15, 0.2) is 108 Å². The molecule has 8 nitrogen and oxygen atoms in total. The standard InChI is InChI=1S/C36H40ClN3O5S/c1-26-14-20-32(21-15-26)46(43,44)40(30-12-9-13-31(23-30)45-5)25-34(41)39(24-28-16-18-29(37)19-17-28)33(35(42)38-36(2,3)4)22-27-10-7-6-8-11-27/h6-21,23,33H,22,24-25H2,1-5H3,(H,38,42). The molecule has 0 aliphatic carbocycles. The number of carbonyl (C=O) groups excluding carboxylic acids is 2. The summed E-state index contributed by atoms with van der Waals surface area (Å²) < 4.78 is 34.9. The molecular weight excluding hydrogens is 622 g/mol. The normalized spacial score (nSPS) is 12.2. The van der Waals surface area contributed by atoms with Crippen LogP contribution in [0.1, 0.15) is 37.5 Å². The van der Waals surface area contributed by atoms with Crippen LogP contribution >= 0.6 is 11.6 Å². The summed E-state index contributed by atoms with van der Waals surface area (Å²) in [6, 6.07) is 28.4. The number of rotatable bonds is 12. The number of nitrogens with zero attached hydrogens (tertiary/aromatic N) is 2. The second kappa shape index (κ2) is 14.8. The molecule has 0 fully saturated rings. The van der Waals surface area contributed by atoms with E-state index >= 15 is 0 Å². The Morgan fingerprint density at radius 1 is 0.870 bits per heavy atom. The Morgan fingerprint density at radius 2 is 1.52 bits per heavy atom. The van der Waals surface area contributed by atoms with Gasteiger partial charge in [-0.1, -0.05) is 77.8 Å². The largest absolute Gasteiger partial charge is 0.497 e. The van der Waals surface area contributed by atoms with Gasteiger partial charge in [0.25, 0.3) is 10.0 Å². The SMILES string of the molecule is COc1cccc(N(CC(=O)N(Cc2ccc(Cl)cc2)C(Cc2ccccc2)C(=O)NC(C)(C)C)S(=O)(=O)c2ccc(C)cc2)c1. The molecular formula is C36H40ClN3O5S. The first-order valence-corrected chi connectivity index (χ1v) is 16.7. The predicted molar refractivity (Wildman–Crippen MR) is 183 cm³/mol. The second-order valence-corrected chi connectivity index (χ2v) is 14.4. The van der Waals surface area contributed by atoms with Crippen LogP contribution in [0.4, 0.5) is 5.69 Å². The van der Waals surface area contributed by atoms with Crippen LogP contribution in [0.2, 0.25) is 5.02 Å². The molecule has 0 saturated heterocycles. The zero-order valence-electron chi connectivity index (χ0n) is 26.7. The highest BCUT2D eigenvalue weighted by Crippen LogP contribution is 2.28. The highest BCUT2D eigenvalue weighted by molar-refractivity contribution is 7.92. The molecule has 0 saturated carbocycles. The number of sulfonamides is 1. The maximum absolute atomic E-state index is 14.6. The number of nitrogens with one attached hydrogen (secondary N) is 1. The van der Waals surface area contributed by atoms with E-state index in [0.29, 0.717) is 10.8 Å². The van der Waals surface area contributed by atoms with Crippen LogP contribution in [0.25, 0.3) is 0 Å². The molecule has 4 rings (SSSR count). The predicted octanol–water partition coefficient (Wildman–Crippen LogP) is 6.41. The van der Waals surface area contributed by atoms with Gasteiger partial charge in [-0.05, 0) is 75.2 Å². The number of carbonyl (C=O) groups is 2. The van der Waals surface area contributed by atoms with E-state index in [0.717, 1.165) is 21.0 Å². The zero-order chi connectivity index (χ0) is 33.5. The van der Waals surface area contributed by atoms with Gasteiger partial charge >= 0.3 is 0 Å². The quantitative estimate of drug-likeness (QED) is 0.189. The summed E-state index contributed by atoms with van der Waals surface area (Å²) in [7, 11) is -2.74. The topological polar surface area (TPSA) is 96.0 Å². The van der Waals surface area contributed by atoms with Crippen molar-refractivity contribution >= 4 is 39.1 Å². The Bertz CT molecular complexity index is 1740. The van der Waals surface area contributed by atoms with Crippen LogP contribution in [0.3, 0.4) is 0 Å². The van der Waals surface area contributed by atoms with Crippen LogP contribution in [0, 0.1) is 6.92 Å². The molecule has 0 aliphatic heterocycles. The maximum Gasteiger partial charge on any atom is 0.264 e. The molecule has 0 aromatic heterocycles. The lowest BCUT2D eigenvalue weighted by Gasteiger charge is -2.35. The average molecular weight is 662 g/mol. The molecule has 46 heavy (non-hydrogen) atoms. The van der Waals surface area contributed by atoms with Gasteiger partial charge in [0.1, 0.15) is 18.3 Å². The van der Waals surface area contributed by atoms with Crippen molar-refractivity contribution in [3.63, 3.8) is 0 Å². The lowest BCUT2D eigenvalue weighted by molar-refractivity contribution is -0.140. The Hall–Kier alpha value is -4.34. The summed E-state index contributed by atoms with van der Waals surface area (Å²) in [4.78, 5) is 30.0. The zero-order valence-corrected chi connectivity index (χ0v) is 28.3. The summed E-state index contributed by atoms with van der Waals surface area (Å²) in [5, 5.41) is 3.56. The first-order chi connectivity index (χ1) is 21.8. The third-order valence-corrected chi connectivity index (χ3v) is 9.30. The molecule has 4 aromatic carbocycles. The van der Waals surface area contributed by atoms with Crippen LogP contribution in [-0.2, 0) is 32.6 Å². The van der Waals surface area contributed by atoms with Gasteiger partial charge in [0.05, 0.1) is 17.7 Å². The van der Waals surface area contributed by atoms with E-state index in [1.165, 1.54) is 24.1 Å². The van der Waals surface area contributed by atoms with Gasteiger partial charge in [-0.2, -0.15) is 0 Å². The summed E-state index contributed by atoms with van der Waals surface area (Å²) in [6.45, 7) is 6.95. The summed E-state index contributed by atoms with van der Waals surface area (Å²) >= 11 is 6.15. The number of benzene rings is 4. The number of methoxy groups -OCH3 is 1. The number of ether oxygens (including phenoxy) is 1. The van der Waals surface area contributed by atoms with Gasteiger partial charge in [0, 0.05) is 29.6 Å². The second-order valence-electron chi connectivity index (χ2n) is 12.1. The van der Waals surface area contributed by atoms with E-state index < -0.39 is 34.1 Å². The fraction of sp³-hybridized carbons (Fsp3) is 0.278. The van der Waals surface area contributed by atoms with E-state index in [9.17, 15) is 18.0 Å². The fourth-order valence-electron chi connectivity index (χ4n) is 4.93. The molecule has 2 amide bonds. The average Bonchev–Trinajstić information content (AvgIpc) is 3.02. The Morgan fingerprint density at radius 3 is 2.13 bits per heavy atom. The van der Waals surface area contributed by atoms with Gasteiger partial charge in [-0.15, -0.1) is 0 Å². The molecule has 0 spiro atoms. The van der Waals surface area contributed by atoms with Gasteiger partial charge in [0.2, 0.25) is 11.8 Å². The molecule has 242 valence electrons. The van der Waals surface area contributed by atoms with Crippen molar-refractivity contribution in [1.29, 1.82) is 0 Å². The van der Waals surface area contributed by atoms with Gasteiger partial charge < -0.3 is 15.0 Å². The van der Waals surface area contributed by atoms with E-state index in [-0.39, 0.29) is 29.5 Å². The number of anilines is 1. The van der Waals surface area contributed by atoms with Crippen LogP contribution in [-0.4, -0.2) is 50.4 Å². The van der Waals surface area contributed by atoms with Crippen molar-refractivity contribution in [2.24, 2.45) is 0 Å². The highest BCUT2D eigenvalue weighted by Gasteiger charge is 2.35. The lowest BCUT2D eigenvalue weighted by atomic mass is 10.0. The molecule has 4 aromatic rings. The number of aryl methyl sites for hydroxylation is 1. The third-order valence-electron chi connectivity index (χ3n) is 7.26. The molecule has 10 heteroatoms. The fourth-order valence-corrected chi connectivity index (χ4v) is 6.46. The summed E-state index contributed by atoms with van der Waals surface area (Å²) in [5.41, 5.74) is 2.14. The lowest BCUT2D eigenvalue weighted by Crippen LogP contribution is -2.56. The number of hydrogen-bond donors (Lipinski definition) is 1. The van der Waals surface area contributed by atoms with Crippen LogP contribution in [0.5, 0.6) is 5.75 Å². The van der Waals surface area contributed by atoms with Crippen molar-refractivity contribution in [2.75, 3.05) is 18.0 Å². The molecule has 0 radical (unpaired) electrons. The first kappa shape index (κ1) is 34.5. The van der Waals surface area contributed by atoms with Crippen molar-refractivity contribution in [1.82, 2.24) is 10.2 Å². The Labute approximate surface area is 277 Å². The van der Waals surface area contributed by atoms with E-state index in [2.05, 4.69) is 5.32 Å². The van der Waals surface area contributed by atoms with Crippen molar-refractivity contribution < 1.29 is 22.7 Å². The molecule has 0 bridgehead atoms. The molecule has 1 unspecified atom stereocenters. The third kappa shape index (κ3) is 9.11. The van der Waals surface area contributed by atoms with E-state index in [4.69, 9.17) is 16.3 Å². The summed E-state index contributed by atoms with van der Waals surface area (Å²) in [5.74, 6) is -0.481. The number of hydrogen-bond acceptors (Lipinski definition) is 5. The van der Waals surface area contributed by atoms with Crippen molar-refractivity contribution in [2.45, 2.75) is 57.1 Å². The minimum absolute atomic E-state index is 0.0317. The monoisotopic (exact) mass is 661 g/mol. The van der Waals surface area contributed by atoms with Crippen molar-refractivity contribution in [3.05, 3.63) is 125 Å². The molecule has 0 heterocycles. The maximum atomic E-state index is 14.6. The highest BCUT2D eigenvalue weighted by atomic mass is 35.5. The van der Waals surface area contributed by atoms with Gasteiger partial charge in [-0.25, -0.2) is 8.42 Å². The number of amides is 2. The number of halogens is 1. The van der Waals surface area contributed by atoms with E-state index in [1.54, 1.807) is 60.7 Å². The molecule has 1 atom stereocenters. The molecule has 0 aliphatic rings. The van der Waals surface area contributed by atoms with Gasteiger partial charge in [-0.3, -0.25) is 13.9 Å². The van der Waals surface area contributed by atoms with Crippen LogP contribution < -0.4 is 14.4 Å². The Kier molecular flexibility index (Phi) is 11.1. The first-order valence-electron chi connectivity index (χ1n) is 14.9. The minimum atomic E-state index is -4.22. The van der Waals surface area contributed by atoms with Gasteiger partial charge in [0.15, 0.2) is 0 Å². The Balaban J connectivity index is 1.83. The van der Waals surface area contributed by atoms with Crippen molar-refractivity contribution in [3.8, 4) is 5.75 Å². The molecule has 1 N–H and O–H groups in total. The van der Waals surface area contributed by atoms with E-state index in [1.807, 2.05) is 58.0 Å². The smallest absolute Gasteiger partial charge is 0.264 e.